The molecule has 0 saturated carbocycles. The minimum Gasteiger partial charge on any atom is -0.394 e. The summed E-state index contributed by atoms with van der Waals surface area (Å²) >= 11 is 6.56. The fraction of sp³-hybridized carbons (Fsp3) is 0.500. The molecule has 1 atom stereocenters. The molecule has 1 aromatic rings. The predicted octanol–water partition coefficient (Wildman–Crippen LogP) is 1.57. The molecule has 1 unspecified atom stereocenters. The van der Waals surface area contributed by atoms with E-state index in [4.69, 9.17) is 5.11 Å². The van der Waals surface area contributed by atoms with E-state index in [1.807, 2.05) is 6.20 Å². The number of halogens is 2. The standard InChI is InChI=1S/C6H8Br2N2O/c7-1-6(4-11)10-3-5(8)2-9-10/h2-3,6,11H,1,4H2. The Labute approximate surface area is 81.7 Å². The Morgan fingerprint density at radius 3 is 2.82 bits per heavy atom. The first-order valence-corrected chi connectivity index (χ1v) is 5.06. The fourth-order valence-electron chi connectivity index (χ4n) is 0.718. The number of aliphatic hydroxyl groups is 1. The molecule has 0 spiro atoms. The van der Waals surface area contributed by atoms with E-state index in [1.54, 1.807) is 10.9 Å². The first-order valence-electron chi connectivity index (χ1n) is 3.14. The van der Waals surface area contributed by atoms with Crippen molar-refractivity contribution in [3.05, 3.63) is 16.9 Å². The van der Waals surface area contributed by atoms with Crippen molar-refractivity contribution < 1.29 is 5.11 Å². The largest absolute Gasteiger partial charge is 0.394 e. The van der Waals surface area contributed by atoms with Crippen molar-refractivity contribution in [2.45, 2.75) is 6.04 Å². The maximum absolute atomic E-state index is 8.88. The van der Waals surface area contributed by atoms with E-state index in [9.17, 15) is 0 Å². The molecule has 3 nitrogen and oxygen atoms in total. The van der Waals surface area contributed by atoms with E-state index in [2.05, 4.69) is 37.0 Å². The molecule has 62 valence electrons. The highest BCUT2D eigenvalue weighted by molar-refractivity contribution is 9.10. The van der Waals surface area contributed by atoms with Gasteiger partial charge in [0, 0.05) is 11.5 Å². The van der Waals surface area contributed by atoms with Crippen LogP contribution in [-0.2, 0) is 0 Å². The molecule has 0 fully saturated rings. The van der Waals surface area contributed by atoms with Crippen LogP contribution < -0.4 is 0 Å². The molecule has 11 heavy (non-hydrogen) atoms. The summed E-state index contributed by atoms with van der Waals surface area (Å²) in [5, 5.41) is 13.6. The Bertz CT molecular complexity index is 222. The first-order chi connectivity index (χ1) is 5.27. The Morgan fingerprint density at radius 1 is 1.73 bits per heavy atom. The lowest BCUT2D eigenvalue weighted by atomic mass is 10.4. The van der Waals surface area contributed by atoms with Gasteiger partial charge in [-0.1, -0.05) is 15.9 Å². The molecule has 0 bridgehead atoms. The lowest BCUT2D eigenvalue weighted by Crippen LogP contribution is -2.14. The fourth-order valence-corrected chi connectivity index (χ4v) is 1.52. The molecule has 0 amide bonds. The molecule has 0 saturated heterocycles. The summed E-state index contributed by atoms with van der Waals surface area (Å²) in [7, 11) is 0. The molecule has 0 aromatic carbocycles. The van der Waals surface area contributed by atoms with Crippen molar-refractivity contribution in [1.82, 2.24) is 9.78 Å². The third kappa shape index (κ3) is 2.28. The molecule has 1 aromatic heterocycles. The van der Waals surface area contributed by atoms with E-state index < -0.39 is 0 Å². The average Bonchev–Trinajstić information content (AvgIpc) is 2.39. The zero-order chi connectivity index (χ0) is 8.27. The second kappa shape index (κ2) is 4.23. The lowest BCUT2D eigenvalue weighted by molar-refractivity contribution is 0.233. The van der Waals surface area contributed by atoms with Crippen LogP contribution in [0.15, 0.2) is 16.9 Å². The van der Waals surface area contributed by atoms with Gasteiger partial charge in [0.05, 0.1) is 23.3 Å². The summed E-state index contributed by atoms with van der Waals surface area (Å²) < 4.78 is 2.65. The van der Waals surface area contributed by atoms with Crippen LogP contribution in [0.2, 0.25) is 0 Å². The maximum atomic E-state index is 8.88. The van der Waals surface area contributed by atoms with Gasteiger partial charge in [0.2, 0.25) is 0 Å². The van der Waals surface area contributed by atoms with Gasteiger partial charge in [-0.25, -0.2) is 0 Å². The van der Waals surface area contributed by atoms with E-state index >= 15 is 0 Å². The van der Waals surface area contributed by atoms with Crippen LogP contribution in [0.3, 0.4) is 0 Å². The predicted molar refractivity (Wildman–Crippen MR) is 49.8 cm³/mol. The van der Waals surface area contributed by atoms with Crippen molar-refractivity contribution in [3.8, 4) is 0 Å². The van der Waals surface area contributed by atoms with E-state index in [0.717, 1.165) is 4.47 Å². The molecule has 1 heterocycles. The van der Waals surface area contributed by atoms with Gasteiger partial charge in [-0.3, -0.25) is 4.68 Å². The summed E-state index contributed by atoms with van der Waals surface area (Å²) in [6.45, 7) is 0.0966. The highest BCUT2D eigenvalue weighted by Crippen LogP contribution is 2.12. The topological polar surface area (TPSA) is 38.0 Å². The second-order valence-corrected chi connectivity index (χ2v) is 3.69. The van der Waals surface area contributed by atoms with E-state index in [0.29, 0.717) is 5.33 Å². The number of hydrogen-bond acceptors (Lipinski definition) is 2. The lowest BCUT2D eigenvalue weighted by Gasteiger charge is -2.09. The normalized spacial score (nSPS) is 13.4. The third-order valence-corrected chi connectivity index (χ3v) is 2.49. The molecule has 0 aliphatic rings. The van der Waals surface area contributed by atoms with Crippen LogP contribution in [-0.4, -0.2) is 26.8 Å². The van der Waals surface area contributed by atoms with Gasteiger partial charge in [0.1, 0.15) is 0 Å². The zero-order valence-electron chi connectivity index (χ0n) is 5.74. The van der Waals surface area contributed by atoms with Crippen LogP contribution in [0.1, 0.15) is 6.04 Å². The minimum absolute atomic E-state index is 0.0290. The monoisotopic (exact) mass is 282 g/mol. The van der Waals surface area contributed by atoms with E-state index in [1.165, 1.54) is 0 Å². The number of nitrogens with zero attached hydrogens (tertiary/aromatic N) is 2. The summed E-state index contributed by atoms with van der Waals surface area (Å²) in [4.78, 5) is 0. The van der Waals surface area contributed by atoms with Gasteiger partial charge in [-0.05, 0) is 15.9 Å². The highest BCUT2D eigenvalue weighted by atomic mass is 79.9. The van der Waals surface area contributed by atoms with Crippen molar-refractivity contribution in [3.63, 3.8) is 0 Å². The Hall–Kier alpha value is 0.130. The van der Waals surface area contributed by atoms with Crippen LogP contribution in [0.25, 0.3) is 0 Å². The number of hydrogen-bond donors (Lipinski definition) is 1. The first kappa shape index (κ1) is 9.22. The van der Waals surface area contributed by atoms with Crippen molar-refractivity contribution >= 4 is 31.9 Å². The summed E-state index contributed by atoms with van der Waals surface area (Å²) in [5.41, 5.74) is 0. The van der Waals surface area contributed by atoms with Crippen LogP contribution >= 0.6 is 31.9 Å². The number of rotatable bonds is 3. The van der Waals surface area contributed by atoms with Gasteiger partial charge in [-0.2, -0.15) is 5.10 Å². The molecular weight excluding hydrogens is 276 g/mol. The van der Waals surface area contributed by atoms with E-state index in [-0.39, 0.29) is 12.6 Å². The zero-order valence-corrected chi connectivity index (χ0v) is 8.92. The molecule has 0 aliphatic carbocycles. The highest BCUT2D eigenvalue weighted by Gasteiger charge is 2.07. The van der Waals surface area contributed by atoms with Gasteiger partial charge >= 0.3 is 0 Å². The van der Waals surface area contributed by atoms with Crippen LogP contribution in [0.4, 0.5) is 0 Å². The number of alkyl halides is 1. The Kier molecular flexibility index (Phi) is 3.54. The molecule has 0 aliphatic heterocycles. The van der Waals surface area contributed by atoms with Gasteiger partial charge in [0.15, 0.2) is 0 Å². The molecular formula is C6H8Br2N2O. The maximum Gasteiger partial charge on any atom is 0.0846 e. The van der Waals surface area contributed by atoms with Crippen LogP contribution in [0.5, 0.6) is 0 Å². The molecule has 1 rings (SSSR count). The SMILES string of the molecule is OCC(CBr)n1cc(Br)cn1. The van der Waals surface area contributed by atoms with Gasteiger partial charge < -0.3 is 5.11 Å². The quantitative estimate of drug-likeness (QED) is 0.856. The van der Waals surface area contributed by atoms with Gasteiger partial charge in [0.25, 0.3) is 0 Å². The summed E-state index contributed by atoms with van der Waals surface area (Å²) in [6, 6.07) is 0.0290. The summed E-state index contributed by atoms with van der Waals surface area (Å²) in [5.74, 6) is 0. The number of aromatic nitrogens is 2. The Balaban J connectivity index is 2.73. The van der Waals surface area contributed by atoms with Crippen molar-refractivity contribution in [2.75, 3.05) is 11.9 Å². The molecule has 0 radical (unpaired) electrons. The molecule has 5 heteroatoms. The average molecular weight is 284 g/mol. The summed E-state index contributed by atoms with van der Waals surface area (Å²) in [6.07, 6.45) is 3.54. The minimum atomic E-state index is 0.0290. The smallest absolute Gasteiger partial charge is 0.0846 e. The third-order valence-electron chi connectivity index (χ3n) is 1.33. The Morgan fingerprint density at radius 2 is 2.45 bits per heavy atom. The van der Waals surface area contributed by atoms with Crippen molar-refractivity contribution in [1.29, 1.82) is 0 Å². The second-order valence-electron chi connectivity index (χ2n) is 2.13. The van der Waals surface area contributed by atoms with Crippen molar-refractivity contribution in [2.24, 2.45) is 0 Å². The van der Waals surface area contributed by atoms with Gasteiger partial charge in [-0.15, -0.1) is 0 Å². The van der Waals surface area contributed by atoms with Crippen LogP contribution in [0, 0.1) is 0 Å². The number of aliphatic hydroxyl groups excluding tert-OH is 1. The molecule has 1 N–H and O–H groups in total.